The number of nitrogens with one attached hydrogen (secondary N) is 1. The molecule has 0 saturated carbocycles. The van der Waals surface area contributed by atoms with Crippen LogP contribution < -0.4 is 5.32 Å². The number of aryl methyl sites for hydroxylation is 1. The molecule has 0 fully saturated rings. The Hall–Kier alpha value is -2.53. The average molecular weight is 363 g/mol. The molecule has 0 aliphatic carbocycles. The summed E-state index contributed by atoms with van der Waals surface area (Å²) in [6.07, 6.45) is 0. The molecule has 1 aliphatic rings. The first kappa shape index (κ1) is 16.9. The highest BCUT2D eigenvalue weighted by Gasteiger charge is 2.31. The summed E-state index contributed by atoms with van der Waals surface area (Å²) in [7, 11) is 0. The van der Waals surface area contributed by atoms with E-state index in [4.69, 9.17) is 5.10 Å². The van der Waals surface area contributed by atoms with Gasteiger partial charge in [0, 0.05) is 5.56 Å². The largest absolute Gasteiger partial charge is 0.310 e. The number of rotatable bonds is 3. The van der Waals surface area contributed by atoms with Gasteiger partial charge in [-0.1, -0.05) is 60.7 Å². The van der Waals surface area contributed by atoms with Crippen molar-refractivity contribution < 1.29 is 4.79 Å². The lowest BCUT2D eigenvalue weighted by molar-refractivity contribution is -0.113. The lowest BCUT2D eigenvalue weighted by Crippen LogP contribution is -2.18. The van der Waals surface area contributed by atoms with Gasteiger partial charge in [-0.05, 0) is 25.0 Å². The Balaban J connectivity index is 1.84. The summed E-state index contributed by atoms with van der Waals surface area (Å²) in [4.78, 5) is 12.4. The maximum atomic E-state index is 12.4. The number of hydrogen-bond acceptors (Lipinski definition) is 3. The molecule has 0 radical (unpaired) electrons. The van der Waals surface area contributed by atoms with Crippen LogP contribution in [0.3, 0.4) is 0 Å². The molecule has 132 valence electrons. The summed E-state index contributed by atoms with van der Waals surface area (Å²) >= 11 is 1.66. The van der Waals surface area contributed by atoms with Gasteiger partial charge in [0.25, 0.3) is 0 Å². The smallest absolute Gasteiger partial charge is 0.235 e. The number of benzene rings is 2. The average Bonchev–Trinajstić information content (AvgIpc) is 2.88. The van der Waals surface area contributed by atoms with Crippen LogP contribution in [-0.4, -0.2) is 21.4 Å². The first-order chi connectivity index (χ1) is 12.6. The minimum atomic E-state index is 0.0242. The first-order valence-corrected chi connectivity index (χ1v) is 9.80. The van der Waals surface area contributed by atoms with Crippen molar-refractivity contribution in [3.63, 3.8) is 0 Å². The molecule has 3 aromatic rings. The molecule has 0 unspecified atom stereocenters. The van der Waals surface area contributed by atoms with Crippen molar-refractivity contribution >= 4 is 23.5 Å². The fraction of sp³-hybridized carbons (Fsp3) is 0.238. The molecular weight excluding hydrogens is 342 g/mol. The summed E-state index contributed by atoms with van der Waals surface area (Å²) < 4.78 is 1.96. The Labute approximate surface area is 157 Å². The standard InChI is InChI=1S/C21H21N3OS/c1-14-19-20(17-11-7-4-8-12-17)26-13-18(25)22-21(19)24(23-14)15(2)16-9-5-3-6-10-16/h3-12,15,20H,13H2,1-2H3,(H,22,25)/t15-,20-/m1/s1. The Kier molecular flexibility index (Phi) is 4.55. The van der Waals surface area contributed by atoms with Gasteiger partial charge >= 0.3 is 0 Å². The highest BCUT2D eigenvalue weighted by molar-refractivity contribution is 8.00. The van der Waals surface area contributed by atoms with Gasteiger partial charge in [-0.15, -0.1) is 11.8 Å². The normalized spacial score (nSPS) is 17.9. The maximum Gasteiger partial charge on any atom is 0.235 e. The molecule has 2 atom stereocenters. The zero-order valence-corrected chi connectivity index (χ0v) is 15.7. The van der Waals surface area contributed by atoms with Crippen LogP contribution in [0.4, 0.5) is 5.82 Å². The van der Waals surface area contributed by atoms with E-state index >= 15 is 0 Å². The molecular formula is C21H21N3OS. The van der Waals surface area contributed by atoms with E-state index in [9.17, 15) is 4.79 Å². The van der Waals surface area contributed by atoms with E-state index in [0.717, 1.165) is 17.1 Å². The zero-order chi connectivity index (χ0) is 18.1. The van der Waals surface area contributed by atoms with E-state index in [2.05, 4.69) is 36.5 Å². The van der Waals surface area contributed by atoms with Gasteiger partial charge in [0.05, 0.1) is 22.7 Å². The lowest BCUT2D eigenvalue weighted by Gasteiger charge is -2.18. The number of hydrogen-bond donors (Lipinski definition) is 1. The lowest BCUT2D eigenvalue weighted by atomic mass is 10.0. The third-order valence-electron chi connectivity index (χ3n) is 4.78. The van der Waals surface area contributed by atoms with Crippen LogP contribution in [0, 0.1) is 6.92 Å². The second-order valence-electron chi connectivity index (χ2n) is 6.53. The monoisotopic (exact) mass is 363 g/mol. The quantitative estimate of drug-likeness (QED) is 0.741. The molecule has 5 heteroatoms. The number of anilines is 1. The molecule has 1 aromatic heterocycles. The fourth-order valence-electron chi connectivity index (χ4n) is 3.45. The molecule has 26 heavy (non-hydrogen) atoms. The van der Waals surface area contributed by atoms with Gasteiger partial charge in [0.15, 0.2) is 0 Å². The molecule has 2 heterocycles. The first-order valence-electron chi connectivity index (χ1n) is 8.75. The highest BCUT2D eigenvalue weighted by Crippen LogP contribution is 2.44. The molecule has 4 nitrogen and oxygen atoms in total. The van der Waals surface area contributed by atoms with Crippen molar-refractivity contribution in [2.75, 3.05) is 11.1 Å². The second kappa shape index (κ2) is 7.00. The summed E-state index contributed by atoms with van der Waals surface area (Å²) in [6, 6.07) is 20.6. The minimum absolute atomic E-state index is 0.0242. The summed E-state index contributed by atoms with van der Waals surface area (Å²) in [5.74, 6) is 1.28. The Morgan fingerprint density at radius 1 is 1.12 bits per heavy atom. The van der Waals surface area contributed by atoms with E-state index in [1.807, 2.05) is 48.0 Å². The topological polar surface area (TPSA) is 46.9 Å². The maximum absolute atomic E-state index is 12.4. The van der Waals surface area contributed by atoms with Crippen molar-refractivity contribution in [1.82, 2.24) is 9.78 Å². The number of nitrogens with zero attached hydrogens (tertiary/aromatic N) is 2. The fourth-order valence-corrected chi connectivity index (χ4v) is 4.64. The van der Waals surface area contributed by atoms with Gasteiger partial charge in [0.1, 0.15) is 5.82 Å². The van der Waals surface area contributed by atoms with Crippen LogP contribution in [0.5, 0.6) is 0 Å². The molecule has 0 spiro atoms. The number of carbonyl (C=O) groups excluding carboxylic acids is 1. The van der Waals surface area contributed by atoms with E-state index in [1.165, 1.54) is 11.1 Å². The molecule has 4 rings (SSSR count). The van der Waals surface area contributed by atoms with Crippen LogP contribution in [0.25, 0.3) is 0 Å². The van der Waals surface area contributed by atoms with Crippen molar-refractivity contribution in [3.8, 4) is 0 Å². The zero-order valence-electron chi connectivity index (χ0n) is 14.8. The van der Waals surface area contributed by atoms with Gasteiger partial charge < -0.3 is 5.32 Å². The van der Waals surface area contributed by atoms with Gasteiger partial charge in [-0.3, -0.25) is 4.79 Å². The predicted octanol–water partition coefficient (Wildman–Crippen LogP) is 4.58. The SMILES string of the molecule is Cc1nn([C@H](C)c2ccccc2)c2c1[C@@H](c1ccccc1)SCC(=O)N2. The predicted molar refractivity (Wildman–Crippen MR) is 107 cm³/mol. The van der Waals surface area contributed by atoms with Crippen molar-refractivity contribution in [3.05, 3.63) is 83.0 Å². The Bertz CT molecular complexity index is 921. The molecule has 2 aromatic carbocycles. The molecule has 1 N–H and O–H groups in total. The van der Waals surface area contributed by atoms with E-state index in [-0.39, 0.29) is 17.2 Å². The Morgan fingerprint density at radius 2 is 1.77 bits per heavy atom. The number of amides is 1. The van der Waals surface area contributed by atoms with Crippen LogP contribution in [0.2, 0.25) is 0 Å². The van der Waals surface area contributed by atoms with Crippen molar-refractivity contribution in [2.45, 2.75) is 25.1 Å². The van der Waals surface area contributed by atoms with Gasteiger partial charge in [-0.2, -0.15) is 5.10 Å². The van der Waals surface area contributed by atoms with E-state index in [0.29, 0.717) is 5.75 Å². The third kappa shape index (κ3) is 3.03. The van der Waals surface area contributed by atoms with E-state index < -0.39 is 0 Å². The van der Waals surface area contributed by atoms with Crippen molar-refractivity contribution in [1.29, 1.82) is 0 Å². The second-order valence-corrected chi connectivity index (χ2v) is 7.62. The molecule has 0 saturated heterocycles. The Morgan fingerprint density at radius 3 is 2.46 bits per heavy atom. The van der Waals surface area contributed by atoms with Crippen molar-refractivity contribution in [2.24, 2.45) is 0 Å². The number of aromatic nitrogens is 2. The van der Waals surface area contributed by atoms with Crippen LogP contribution in [0.15, 0.2) is 60.7 Å². The summed E-state index contributed by atoms with van der Waals surface area (Å²) in [6.45, 7) is 4.14. The van der Waals surface area contributed by atoms with Crippen LogP contribution in [-0.2, 0) is 4.79 Å². The number of thioether (sulfide) groups is 1. The van der Waals surface area contributed by atoms with E-state index in [1.54, 1.807) is 11.8 Å². The third-order valence-corrected chi connectivity index (χ3v) is 6.05. The molecule has 1 amide bonds. The summed E-state index contributed by atoms with van der Waals surface area (Å²) in [5, 5.41) is 8.01. The van der Waals surface area contributed by atoms with Crippen LogP contribution >= 0.6 is 11.8 Å². The molecule has 1 aliphatic heterocycles. The van der Waals surface area contributed by atoms with Crippen LogP contribution in [0.1, 0.15) is 40.6 Å². The molecule has 0 bridgehead atoms. The number of fused-ring (bicyclic) bond motifs is 1. The summed E-state index contributed by atoms with van der Waals surface area (Å²) in [5.41, 5.74) is 4.44. The highest BCUT2D eigenvalue weighted by atomic mass is 32.2. The number of carbonyl (C=O) groups is 1. The van der Waals surface area contributed by atoms with Gasteiger partial charge in [-0.25, -0.2) is 4.68 Å². The minimum Gasteiger partial charge on any atom is -0.310 e. The van der Waals surface area contributed by atoms with Gasteiger partial charge in [0.2, 0.25) is 5.91 Å².